The molecule has 150 valence electrons. The number of nitrogens with zero attached hydrogens (tertiary/aromatic N) is 6. The van der Waals surface area contributed by atoms with Crippen LogP contribution < -0.4 is 10.6 Å². The van der Waals surface area contributed by atoms with Crippen molar-refractivity contribution >= 4 is 17.7 Å². The summed E-state index contributed by atoms with van der Waals surface area (Å²) in [6, 6.07) is 3.56. The molecular weight excluding hydrogens is 377 g/mol. The second-order valence-electron chi connectivity index (χ2n) is 7.08. The van der Waals surface area contributed by atoms with Gasteiger partial charge in [-0.1, -0.05) is 0 Å². The van der Waals surface area contributed by atoms with E-state index >= 15 is 0 Å². The Labute approximate surface area is 166 Å². The fraction of sp³-hybridized carbons (Fsp3) is 0.421. The van der Waals surface area contributed by atoms with E-state index in [1.165, 1.54) is 11.3 Å². The smallest absolute Gasteiger partial charge is 0.249 e. The maximum Gasteiger partial charge on any atom is 0.249 e. The molecule has 0 unspecified atom stereocenters. The van der Waals surface area contributed by atoms with E-state index in [4.69, 9.17) is 15.8 Å². The van der Waals surface area contributed by atoms with Crippen molar-refractivity contribution in [2.24, 2.45) is 5.92 Å². The van der Waals surface area contributed by atoms with Gasteiger partial charge >= 0.3 is 0 Å². The second kappa shape index (κ2) is 7.97. The van der Waals surface area contributed by atoms with Crippen LogP contribution in [0.25, 0.3) is 0 Å². The van der Waals surface area contributed by atoms with Crippen LogP contribution in [-0.2, 0) is 9.63 Å². The number of rotatable bonds is 3. The van der Waals surface area contributed by atoms with Crippen molar-refractivity contribution in [1.29, 1.82) is 5.26 Å². The molecule has 4 rings (SSSR count). The molecule has 2 fully saturated rings. The zero-order chi connectivity index (χ0) is 20.4. The van der Waals surface area contributed by atoms with Crippen molar-refractivity contribution in [1.82, 2.24) is 20.0 Å². The van der Waals surface area contributed by atoms with Crippen LogP contribution in [0, 0.1) is 23.1 Å². The topological polar surface area (TPSA) is 121 Å². The number of nitrogen functional groups attached to an aromatic ring is 1. The predicted molar refractivity (Wildman–Crippen MR) is 100 cm³/mol. The number of aromatic nitrogens is 3. The maximum atomic E-state index is 13.3. The number of hydroxylamine groups is 2. The molecule has 1 atom stereocenters. The number of pyridine rings is 1. The molecular formula is C19H20FN7O2. The molecule has 2 aromatic rings. The van der Waals surface area contributed by atoms with Gasteiger partial charge in [0.05, 0.1) is 24.4 Å². The van der Waals surface area contributed by atoms with E-state index in [9.17, 15) is 9.18 Å². The van der Waals surface area contributed by atoms with E-state index < -0.39 is 5.82 Å². The second-order valence-corrected chi connectivity index (χ2v) is 7.08. The number of nitriles is 1. The highest BCUT2D eigenvalue weighted by Crippen LogP contribution is 2.33. The first-order valence-electron chi connectivity index (χ1n) is 9.41. The lowest BCUT2D eigenvalue weighted by Crippen LogP contribution is -2.42. The molecule has 0 aliphatic carbocycles. The quantitative estimate of drug-likeness (QED) is 0.829. The summed E-state index contributed by atoms with van der Waals surface area (Å²) in [5.41, 5.74) is 6.77. The van der Waals surface area contributed by atoms with Gasteiger partial charge in [0.25, 0.3) is 0 Å². The van der Waals surface area contributed by atoms with Gasteiger partial charge in [-0.25, -0.2) is 14.4 Å². The van der Waals surface area contributed by atoms with Crippen LogP contribution in [0.5, 0.6) is 0 Å². The number of hydrogen-bond donors (Lipinski definition) is 1. The number of halogens is 1. The van der Waals surface area contributed by atoms with Crippen LogP contribution in [0.4, 0.5) is 16.2 Å². The number of carbonyl (C=O) groups is 1. The fourth-order valence-electron chi connectivity index (χ4n) is 3.72. The first kappa shape index (κ1) is 19.0. The standard InChI is InChI=1S/C19H20FN7O2/c20-15-11-24-19(25-17(15)22)26-4-1-13(2-5-26)18(28)27-16(3-6-29-27)14-7-12(8-21)9-23-10-14/h7,9-11,13,16H,1-6H2,(H2,22,24,25)/t16-/m0/s1. The van der Waals surface area contributed by atoms with Crippen molar-refractivity contribution in [3.63, 3.8) is 0 Å². The summed E-state index contributed by atoms with van der Waals surface area (Å²) < 4.78 is 13.3. The molecule has 0 saturated carbocycles. The van der Waals surface area contributed by atoms with Gasteiger partial charge in [-0.2, -0.15) is 10.2 Å². The minimum atomic E-state index is -0.647. The molecule has 9 nitrogen and oxygen atoms in total. The van der Waals surface area contributed by atoms with Crippen LogP contribution in [-0.4, -0.2) is 45.6 Å². The van der Waals surface area contributed by atoms with Gasteiger partial charge < -0.3 is 10.6 Å². The summed E-state index contributed by atoms with van der Waals surface area (Å²) in [6.07, 6.45) is 6.07. The van der Waals surface area contributed by atoms with E-state index in [2.05, 4.69) is 21.0 Å². The Hall–Kier alpha value is -3.32. The molecule has 1 amide bonds. The summed E-state index contributed by atoms with van der Waals surface area (Å²) in [5.74, 6) is -0.740. The minimum absolute atomic E-state index is 0.0750. The van der Waals surface area contributed by atoms with E-state index in [0.29, 0.717) is 50.5 Å². The van der Waals surface area contributed by atoms with Crippen molar-refractivity contribution in [3.05, 3.63) is 41.6 Å². The lowest BCUT2D eigenvalue weighted by Gasteiger charge is -2.34. The summed E-state index contributed by atoms with van der Waals surface area (Å²) >= 11 is 0. The summed E-state index contributed by atoms with van der Waals surface area (Å²) in [6.45, 7) is 1.56. The molecule has 4 heterocycles. The van der Waals surface area contributed by atoms with E-state index in [1.54, 1.807) is 12.3 Å². The van der Waals surface area contributed by atoms with Gasteiger partial charge in [-0.3, -0.25) is 14.6 Å². The number of hydrogen-bond acceptors (Lipinski definition) is 8. The van der Waals surface area contributed by atoms with Gasteiger partial charge in [0.15, 0.2) is 11.6 Å². The van der Waals surface area contributed by atoms with Gasteiger partial charge in [-0.15, -0.1) is 0 Å². The van der Waals surface area contributed by atoms with Gasteiger partial charge in [-0.05, 0) is 24.5 Å². The third-order valence-corrected chi connectivity index (χ3v) is 5.28. The Balaban J connectivity index is 1.42. The van der Waals surface area contributed by atoms with Crippen LogP contribution in [0.1, 0.15) is 36.4 Å². The van der Waals surface area contributed by atoms with Gasteiger partial charge in [0.2, 0.25) is 11.9 Å². The van der Waals surface area contributed by atoms with E-state index in [0.717, 1.165) is 11.8 Å². The molecule has 0 bridgehead atoms. The first-order valence-corrected chi connectivity index (χ1v) is 9.41. The molecule has 2 aromatic heterocycles. The highest BCUT2D eigenvalue weighted by atomic mass is 19.1. The molecule has 2 aliphatic heterocycles. The van der Waals surface area contributed by atoms with Gasteiger partial charge in [0, 0.05) is 37.8 Å². The van der Waals surface area contributed by atoms with Crippen LogP contribution in [0.3, 0.4) is 0 Å². The third-order valence-electron chi connectivity index (χ3n) is 5.28. The van der Waals surface area contributed by atoms with Crippen LogP contribution in [0.15, 0.2) is 24.7 Å². The SMILES string of the molecule is N#Cc1cncc([C@@H]2CCON2C(=O)C2CCN(c3ncc(F)c(N)n3)CC2)c1. The van der Waals surface area contributed by atoms with Crippen molar-refractivity contribution in [2.45, 2.75) is 25.3 Å². The molecule has 0 radical (unpaired) electrons. The molecule has 29 heavy (non-hydrogen) atoms. The molecule has 0 spiro atoms. The Morgan fingerprint density at radius 3 is 2.79 bits per heavy atom. The van der Waals surface area contributed by atoms with Crippen LogP contribution >= 0.6 is 0 Å². The predicted octanol–water partition coefficient (Wildman–Crippen LogP) is 1.59. The number of amides is 1. The maximum absolute atomic E-state index is 13.3. The van der Waals surface area contributed by atoms with E-state index in [1.807, 2.05) is 4.90 Å². The molecule has 2 saturated heterocycles. The zero-order valence-corrected chi connectivity index (χ0v) is 15.7. The lowest BCUT2D eigenvalue weighted by molar-refractivity contribution is -0.182. The molecule has 2 aliphatic rings. The lowest BCUT2D eigenvalue weighted by atomic mass is 9.95. The number of piperidine rings is 1. The summed E-state index contributed by atoms with van der Waals surface area (Å²) in [7, 11) is 0. The number of nitrogens with two attached hydrogens (primary N) is 1. The zero-order valence-electron chi connectivity index (χ0n) is 15.7. The Bertz CT molecular complexity index is 956. The molecule has 0 aromatic carbocycles. The largest absolute Gasteiger partial charge is 0.381 e. The highest BCUT2D eigenvalue weighted by Gasteiger charge is 2.37. The number of anilines is 2. The monoisotopic (exact) mass is 397 g/mol. The average molecular weight is 397 g/mol. The van der Waals surface area contributed by atoms with E-state index in [-0.39, 0.29) is 23.7 Å². The summed E-state index contributed by atoms with van der Waals surface area (Å²) in [4.78, 5) is 32.6. The number of carbonyl (C=O) groups excluding carboxylic acids is 1. The molecule has 2 N–H and O–H groups in total. The van der Waals surface area contributed by atoms with Crippen molar-refractivity contribution < 1.29 is 14.0 Å². The minimum Gasteiger partial charge on any atom is -0.381 e. The third kappa shape index (κ3) is 3.82. The van der Waals surface area contributed by atoms with Crippen LogP contribution in [0.2, 0.25) is 0 Å². The highest BCUT2D eigenvalue weighted by molar-refractivity contribution is 5.79. The normalized spacial score (nSPS) is 19.9. The Morgan fingerprint density at radius 1 is 1.28 bits per heavy atom. The van der Waals surface area contributed by atoms with Crippen molar-refractivity contribution in [2.75, 3.05) is 30.3 Å². The van der Waals surface area contributed by atoms with Crippen molar-refractivity contribution in [3.8, 4) is 6.07 Å². The Kier molecular flexibility index (Phi) is 5.22. The molecule has 10 heteroatoms. The summed E-state index contributed by atoms with van der Waals surface area (Å²) in [5, 5.41) is 10.5. The Morgan fingerprint density at radius 2 is 2.07 bits per heavy atom. The van der Waals surface area contributed by atoms with Gasteiger partial charge in [0.1, 0.15) is 6.07 Å². The first-order chi connectivity index (χ1) is 14.1. The average Bonchev–Trinajstić information content (AvgIpc) is 3.25. The fourth-order valence-corrected chi connectivity index (χ4v) is 3.72.